The van der Waals surface area contributed by atoms with Crippen LogP contribution in [0.3, 0.4) is 0 Å². The highest BCUT2D eigenvalue weighted by molar-refractivity contribution is 7.89. The highest BCUT2D eigenvalue weighted by atomic mass is 35.5. The second kappa shape index (κ2) is 8.67. The Morgan fingerprint density at radius 2 is 1.96 bits per heavy atom. The molecule has 1 heterocycles. The van der Waals surface area contributed by atoms with E-state index in [4.69, 9.17) is 17.3 Å². The van der Waals surface area contributed by atoms with Crippen LogP contribution in [0.2, 0.25) is 5.02 Å². The molecule has 0 saturated heterocycles. The highest BCUT2D eigenvalue weighted by Gasteiger charge is 2.37. The molecule has 0 bridgehead atoms. The Morgan fingerprint density at radius 3 is 2.54 bits per heavy atom. The van der Waals surface area contributed by atoms with Crippen molar-refractivity contribution in [3.8, 4) is 0 Å². The van der Waals surface area contributed by atoms with Gasteiger partial charge in [-0.05, 0) is 55.5 Å². The van der Waals surface area contributed by atoms with Gasteiger partial charge in [-0.25, -0.2) is 13.1 Å². The summed E-state index contributed by atoms with van der Waals surface area (Å²) in [5.41, 5.74) is 7.09. The molecule has 3 rings (SSSR count). The number of nitrogens with one attached hydrogen (secondary N) is 1. The molecule has 0 radical (unpaired) electrons. The van der Waals surface area contributed by atoms with Crippen LogP contribution in [0.4, 0.5) is 0 Å². The van der Waals surface area contributed by atoms with Gasteiger partial charge in [0.05, 0.1) is 0 Å². The average Bonchev–Trinajstić information content (AvgIpc) is 2.63. The van der Waals surface area contributed by atoms with Crippen LogP contribution >= 0.6 is 24.0 Å². The predicted octanol–water partition coefficient (Wildman–Crippen LogP) is 3.27. The number of hydrogen-bond donors (Lipinski definition) is 2. The zero-order valence-electron chi connectivity index (χ0n) is 14.3. The van der Waals surface area contributed by atoms with E-state index in [0.717, 1.165) is 31.2 Å². The van der Waals surface area contributed by atoms with Crippen LogP contribution in [0.25, 0.3) is 0 Å². The Morgan fingerprint density at radius 1 is 1.23 bits per heavy atom. The molecule has 1 saturated carbocycles. The van der Waals surface area contributed by atoms with Crippen molar-refractivity contribution in [1.29, 1.82) is 0 Å². The third-order valence-electron chi connectivity index (χ3n) is 5.04. The number of benzene rings is 1. The summed E-state index contributed by atoms with van der Waals surface area (Å²) in [6.45, 7) is 0.523. The van der Waals surface area contributed by atoms with E-state index in [-0.39, 0.29) is 28.8 Å². The van der Waals surface area contributed by atoms with Crippen molar-refractivity contribution in [3.05, 3.63) is 59.4 Å². The van der Waals surface area contributed by atoms with Crippen molar-refractivity contribution < 1.29 is 8.42 Å². The van der Waals surface area contributed by atoms with Gasteiger partial charge < -0.3 is 5.73 Å². The molecule has 2 aromatic rings. The number of hydrogen-bond acceptors (Lipinski definition) is 4. The fourth-order valence-corrected chi connectivity index (χ4v) is 4.97. The van der Waals surface area contributed by atoms with Crippen molar-refractivity contribution >= 4 is 34.0 Å². The van der Waals surface area contributed by atoms with E-state index in [2.05, 4.69) is 15.8 Å². The third-order valence-corrected chi connectivity index (χ3v) is 6.78. The van der Waals surface area contributed by atoms with Crippen LogP contribution in [0, 0.1) is 0 Å². The van der Waals surface area contributed by atoms with E-state index in [0.29, 0.717) is 11.6 Å². The fraction of sp³-hybridized carbons (Fsp3) is 0.389. The summed E-state index contributed by atoms with van der Waals surface area (Å²) >= 11 is 6.13. The van der Waals surface area contributed by atoms with Gasteiger partial charge in [0.15, 0.2) is 0 Å². The molecule has 0 atom stereocenters. The largest absolute Gasteiger partial charge is 0.330 e. The first-order chi connectivity index (χ1) is 12.0. The summed E-state index contributed by atoms with van der Waals surface area (Å²) in [5, 5.41) is 0.699. The molecule has 0 amide bonds. The minimum Gasteiger partial charge on any atom is -0.330 e. The zero-order valence-corrected chi connectivity index (χ0v) is 16.7. The van der Waals surface area contributed by atoms with Crippen LogP contribution in [-0.2, 0) is 15.4 Å². The maximum Gasteiger partial charge on any atom is 0.242 e. The Balaban J connectivity index is 0.00000243. The monoisotopic (exact) mass is 415 g/mol. The molecule has 1 aliphatic carbocycles. The fourth-order valence-electron chi connectivity index (χ4n) is 3.51. The number of nitrogens with two attached hydrogens (primary N) is 1. The van der Waals surface area contributed by atoms with Gasteiger partial charge in [0.25, 0.3) is 0 Å². The molecule has 0 unspecified atom stereocenters. The summed E-state index contributed by atoms with van der Waals surface area (Å²) in [4.78, 5) is 4.08. The lowest BCUT2D eigenvalue weighted by Crippen LogP contribution is -2.45. The molecule has 3 N–H and O–H groups in total. The molecule has 0 aliphatic heterocycles. The SMILES string of the molecule is Cl.NC[C@]1(c2cccc(Cl)c2)CC[C@H](NS(=O)(=O)c2cccnc2)CC1. The van der Waals surface area contributed by atoms with E-state index >= 15 is 0 Å². The molecule has 1 aliphatic rings. The first kappa shape index (κ1) is 21.1. The van der Waals surface area contributed by atoms with Crippen molar-refractivity contribution in [1.82, 2.24) is 9.71 Å². The van der Waals surface area contributed by atoms with Crippen LogP contribution in [0.15, 0.2) is 53.7 Å². The molecule has 5 nitrogen and oxygen atoms in total. The lowest BCUT2D eigenvalue weighted by molar-refractivity contribution is 0.267. The highest BCUT2D eigenvalue weighted by Crippen LogP contribution is 2.39. The van der Waals surface area contributed by atoms with Gasteiger partial charge in [0.2, 0.25) is 10.0 Å². The smallest absolute Gasteiger partial charge is 0.242 e. The summed E-state index contributed by atoms with van der Waals surface area (Å²) in [6, 6.07) is 10.9. The van der Waals surface area contributed by atoms with Crippen LogP contribution in [0.1, 0.15) is 31.2 Å². The van der Waals surface area contributed by atoms with Gasteiger partial charge in [-0.15, -0.1) is 12.4 Å². The summed E-state index contributed by atoms with van der Waals surface area (Å²) in [5.74, 6) is 0. The number of aromatic nitrogens is 1. The van der Waals surface area contributed by atoms with Crippen molar-refractivity contribution in [3.63, 3.8) is 0 Å². The summed E-state index contributed by atoms with van der Waals surface area (Å²) in [6.07, 6.45) is 6.04. The van der Waals surface area contributed by atoms with E-state index < -0.39 is 10.0 Å². The number of sulfonamides is 1. The lowest BCUT2D eigenvalue weighted by atomic mass is 9.68. The molecule has 142 valence electrons. The van der Waals surface area contributed by atoms with Crippen LogP contribution in [0.5, 0.6) is 0 Å². The Kier molecular flexibility index (Phi) is 7.05. The predicted molar refractivity (Wildman–Crippen MR) is 106 cm³/mol. The quantitative estimate of drug-likeness (QED) is 0.784. The minimum absolute atomic E-state index is 0. The summed E-state index contributed by atoms with van der Waals surface area (Å²) < 4.78 is 27.7. The number of pyridine rings is 1. The second-order valence-corrected chi connectivity index (χ2v) is 8.73. The Hall–Kier alpha value is -1.18. The summed E-state index contributed by atoms with van der Waals surface area (Å²) in [7, 11) is -3.54. The van der Waals surface area contributed by atoms with E-state index in [1.54, 1.807) is 18.3 Å². The van der Waals surface area contributed by atoms with Crippen LogP contribution < -0.4 is 10.5 Å². The number of nitrogens with zero attached hydrogens (tertiary/aromatic N) is 1. The maximum absolute atomic E-state index is 12.5. The van der Waals surface area contributed by atoms with Gasteiger partial charge in [-0.3, -0.25) is 4.98 Å². The molecule has 8 heteroatoms. The molecule has 1 aromatic heterocycles. The van der Waals surface area contributed by atoms with E-state index in [9.17, 15) is 8.42 Å². The number of rotatable bonds is 5. The first-order valence-corrected chi connectivity index (χ1v) is 10.2. The minimum atomic E-state index is -3.54. The van der Waals surface area contributed by atoms with Crippen molar-refractivity contribution in [2.75, 3.05) is 6.54 Å². The third kappa shape index (κ3) is 4.56. The van der Waals surface area contributed by atoms with Crippen molar-refractivity contribution in [2.45, 2.75) is 42.0 Å². The molecule has 1 aromatic carbocycles. The molecule has 26 heavy (non-hydrogen) atoms. The first-order valence-electron chi connectivity index (χ1n) is 8.34. The van der Waals surface area contributed by atoms with Crippen LogP contribution in [-0.4, -0.2) is 26.0 Å². The van der Waals surface area contributed by atoms with Gasteiger partial charge >= 0.3 is 0 Å². The van der Waals surface area contributed by atoms with Gasteiger partial charge in [-0.1, -0.05) is 23.7 Å². The second-order valence-electron chi connectivity index (χ2n) is 6.58. The maximum atomic E-state index is 12.5. The lowest BCUT2D eigenvalue weighted by Gasteiger charge is -2.40. The van der Waals surface area contributed by atoms with Gasteiger partial charge in [-0.2, -0.15) is 0 Å². The Labute approximate surface area is 165 Å². The number of halogens is 2. The molecule has 1 fully saturated rings. The molecular weight excluding hydrogens is 393 g/mol. The van der Waals surface area contributed by atoms with E-state index in [1.165, 1.54) is 6.20 Å². The van der Waals surface area contributed by atoms with Gasteiger partial charge in [0, 0.05) is 35.4 Å². The standard InChI is InChI=1S/C18H22ClN3O2S.ClH/c19-15-4-1-3-14(11-15)18(13-20)8-6-16(7-9-18)22-25(23,24)17-5-2-10-21-12-17;/h1-5,10-12,16,22H,6-9,13,20H2;1H/t16-,18-;. The van der Waals surface area contributed by atoms with Gasteiger partial charge in [0.1, 0.15) is 4.90 Å². The Bertz CT molecular complexity index is 823. The topological polar surface area (TPSA) is 85.1 Å². The zero-order chi connectivity index (χ0) is 17.9. The average molecular weight is 416 g/mol. The normalized spacial score (nSPS) is 23.2. The van der Waals surface area contributed by atoms with Crippen molar-refractivity contribution in [2.24, 2.45) is 5.73 Å². The van der Waals surface area contributed by atoms with E-state index in [1.807, 2.05) is 18.2 Å². The molecular formula is C18H23Cl2N3O2S. The molecule has 0 spiro atoms.